The van der Waals surface area contributed by atoms with Crippen molar-refractivity contribution in [3.8, 4) is 0 Å². The second-order valence-electron chi connectivity index (χ2n) is 6.32. The first-order chi connectivity index (χ1) is 11.7. The Morgan fingerprint density at radius 2 is 1.96 bits per heavy atom. The van der Waals surface area contributed by atoms with Gasteiger partial charge in [0, 0.05) is 29.9 Å². The molecule has 1 aromatic heterocycles. The molecular formula is C18H24FN3O2. The molecule has 1 saturated heterocycles. The van der Waals surface area contributed by atoms with Gasteiger partial charge in [0.15, 0.2) is 0 Å². The van der Waals surface area contributed by atoms with Crippen molar-refractivity contribution < 1.29 is 14.6 Å². The molecule has 2 aromatic rings. The third-order valence-electron chi connectivity index (χ3n) is 4.76. The Balaban J connectivity index is 1.55. The molecule has 0 saturated carbocycles. The summed E-state index contributed by atoms with van der Waals surface area (Å²) in [4.78, 5) is 2.18. The monoisotopic (exact) mass is 333 g/mol. The predicted octanol–water partition coefficient (Wildman–Crippen LogP) is 1.93. The number of rotatable bonds is 6. The topological polar surface area (TPSA) is 61.5 Å². The summed E-state index contributed by atoms with van der Waals surface area (Å²) in [5.41, 5.74) is 1.53. The summed E-state index contributed by atoms with van der Waals surface area (Å²) < 4.78 is 15.6. The molecule has 2 heterocycles. The van der Waals surface area contributed by atoms with E-state index in [9.17, 15) is 9.50 Å². The van der Waals surface area contributed by atoms with Crippen molar-refractivity contribution in [2.75, 3.05) is 26.2 Å². The average Bonchev–Trinajstić information content (AvgIpc) is 3.04. The van der Waals surface area contributed by atoms with Gasteiger partial charge in [-0.3, -0.25) is 4.68 Å². The zero-order valence-electron chi connectivity index (χ0n) is 13.7. The second-order valence-corrected chi connectivity index (χ2v) is 6.32. The number of aliphatic hydroxyl groups is 2. The lowest BCUT2D eigenvalue weighted by Crippen LogP contribution is -2.36. The van der Waals surface area contributed by atoms with Crippen LogP contribution in [0.25, 0.3) is 0 Å². The van der Waals surface area contributed by atoms with E-state index < -0.39 is 6.10 Å². The average molecular weight is 333 g/mol. The summed E-state index contributed by atoms with van der Waals surface area (Å²) in [6.07, 6.45) is 2.92. The van der Waals surface area contributed by atoms with Gasteiger partial charge >= 0.3 is 0 Å². The van der Waals surface area contributed by atoms with Gasteiger partial charge in [0.05, 0.1) is 19.3 Å². The van der Waals surface area contributed by atoms with Gasteiger partial charge in [-0.2, -0.15) is 5.10 Å². The van der Waals surface area contributed by atoms with Crippen molar-refractivity contribution in [3.05, 3.63) is 53.6 Å². The van der Waals surface area contributed by atoms with E-state index in [-0.39, 0.29) is 12.4 Å². The lowest BCUT2D eigenvalue weighted by Gasteiger charge is -2.33. The number of hydrogen-bond acceptors (Lipinski definition) is 4. The highest BCUT2D eigenvalue weighted by Gasteiger charge is 2.25. The van der Waals surface area contributed by atoms with Crippen LogP contribution in [0.2, 0.25) is 0 Å². The van der Waals surface area contributed by atoms with Crippen LogP contribution in [0.5, 0.6) is 0 Å². The molecule has 0 aliphatic carbocycles. The SMILES string of the molecule is OCCn1nccc1C1CCN(CC(O)c2ccccc2F)CC1. The molecule has 6 heteroatoms. The Bertz CT molecular complexity index is 653. The number of β-amino-alcohol motifs (C(OH)–C–C–N with tert-alkyl or cyclic N) is 1. The van der Waals surface area contributed by atoms with Crippen LogP contribution in [0.1, 0.15) is 36.1 Å². The number of likely N-dealkylation sites (tertiary alicyclic amines) is 1. The number of halogens is 1. The number of aromatic nitrogens is 2. The highest BCUT2D eigenvalue weighted by atomic mass is 19.1. The normalized spacial score (nSPS) is 18.0. The standard InChI is InChI=1S/C18H24FN3O2/c19-16-4-2-1-3-15(16)18(24)13-21-9-6-14(7-10-21)17-5-8-20-22(17)11-12-23/h1-5,8,14,18,23-24H,6-7,9-13H2. The zero-order chi connectivity index (χ0) is 16.9. The number of aliphatic hydroxyl groups excluding tert-OH is 2. The third kappa shape index (κ3) is 3.83. The molecule has 24 heavy (non-hydrogen) atoms. The van der Waals surface area contributed by atoms with E-state index in [0.29, 0.717) is 24.6 Å². The Hall–Kier alpha value is -1.76. The number of piperidine rings is 1. The van der Waals surface area contributed by atoms with Crippen LogP contribution in [-0.2, 0) is 6.54 Å². The number of benzene rings is 1. The van der Waals surface area contributed by atoms with Gasteiger partial charge in [0.1, 0.15) is 5.82 Å². The minimum atomic E-state index is -0.803. The molecule has 3 rings (SSSR count). The van der Waals surface area contributed by atoms with Crippen molar-refractivity contribution in [1.29, 1.82) is 0 Å². The Morgan fingerprint density at radius 3 is 2.67 bits per heavy atom. The minimum absolute atomic E-state index is 0.0857. The molecule has 5 nitrogen and oxygen atoms in total. The molecule has 1 fully saturated rings. The Morgan fingerprint density at radius 1 is 1.21 bits per heavy atom. The summed E-state index contributed by atoms with van der Waals surface area (Å²) in [6, 6.07) is 8.42. The molecule has 130 valence electrons. The largest absolute Gasteiger partial charge is 0.394 e. The maximum absolute atomic E-state index is 13.8. The molecule has 0 bridgehead atoms. The van der Waals surface area contributed by atoms with E-state index >= 15 is 0 Å². The number of nitrogens with zero attached hydrogens (tertiary/aromatic N) is 3. The van der Waals surface area contributed by atoms with Crippen molar-refractivity contribution in [3.63, 3.8) is 0 Å². The van der Waals surface area contributed by atoms with Crippen molar-refractivity contribution in [1.82, 2.24) is 14.7 Å². The second kappa shape index (κ2) is 7.88. The molecule has 1 aliphatic heterocycles. The molecule has 0 spiro atoms. The van der Waals surface area contributed by atoms with Crippen LogP contribution < -0.4 is 0 Å². The molecule has 2 N–H and O–H groups in total. The molecule has 0 amide bonds. The maximum atomic E-state index is 13.8. The van der Waals surface area contributed by atoms with Crippen LogP contribution in [0.4, 0.5) is 4.39 Å². The van der Waals surface area contributed by atoms with E-state index in [1.54, 1.807) is 24.4 Å². The van der Waals surface area contributed by atoms with E-state index in [2.05, 4.69) is 10.00 Å². The van der Waals surface area contributed by atoms with E-state index in [0.717, 1.165) is 25.9 Å². The molecule has 1 aliphatic rings. The fourth-order valence-electron chi connectivity index (χ4n) is 3.47. The fraction of sp³-hybridized carbons (Fsp3) is 0.500. The first kappa shape index (κ1) is 17.1. The van der Waals surface area contributed by atoms with E-state index in [1.165, 1.54) is 11.8 Å². The van der Waals surface area contributed by atoms with Gasteiger partial charge < -0.3 is 15.1 Å². The zero-order valence-corrected chi connectivity index (χ0v) is 13.7. The van der Waals surface area contributed by atoms with Crippen molar-refractivity contribution in [2.45, 2.75) is 31.4 Å². The molecule has 0 radical (unpaired) electrons. The lowest BCUT2D eigenvalue weighted by atomic mass is 9.93. The highest BCUT2D eigenvalue weighted by molar-refractivity contribution is 5.20. The fourth-order valence-corrected chi connectivity index (χ4v) is 3.47. The Labute approximate surface area is 141 Å². The summed E-state index contributed by atoms with van der Waals surface area (Å²) in [5.74, 6) is 0.0636. The summed E-state index contributed by atoms with van der Waals surface area (Å²) in [6.45, 7) is 2.78. The van der Waals surface area contributed by atoms with Crippen LogP contribution >= 0.6 is 0 Å². The maximum Gasteiger partial charge on any atom is 0.129 e. The van der Waals surface area contributed by atoms with Gasteiger partial charge in [-0.05, 0) is 38.1 Å². The quantitative estimate of drug-likeness (QED) is 0.848. The number of hydrogen-bond donors (Lipinski definition) is 2. The lowest BCUT2D eigenvalue weighted by molar-refractivity contribution is 0.0939. The van der Waals surface area contributed by atoms with Crippen molar-refractivity contribution >= 4 is 0 Å². The van der Waals surface area contributed by atoms with E-state index in [4.69, 9.17) is 5.11 Å². The minimum Gasteiger partial charge on any atom is -0.394 e. The van der Waals surface area contributed by atoms with Crippen LogP contribution in [0, 0.1) is 5.82 Å². The Kier molecular flexibility index (Phi) is 5.60. The summed E-state index contributed by atoms with van der Waals surface area (Å²) >= 11 is 0. The molecular weight excluding hydrogens is 309 g/mol. The molecule has 1 aromatic carbocycles. The first-order valence-corrected chi connectivity index (χ1v) is 8.46. The molecule has 1 atom stereocenters. The summed E-state index contributed by atoms with van der Waals surface area (Å²) in [5, 5.41) is 23.7. The van der Waals surface area contributed by atoms with Gasteiger partial charge in [-0.15, -0.1) is 0 Å². The smallest absolute Gasteiger partial charge is 0.129 e. The van der Waals surface area contributed by atoms with Crippen LogP contribution in [0.15, 0.2) is 36.5 Å². The van der Waals surface area contributed by atoms with Gasteiger partial charge in [-0.1, -0.05) is 18.2 Å². The van der Waals surface area contributed by atoms with Crippen molar-refractivity contribution in [2.24, 2.45) is 0 Å². The van der Waals surface area contributed by atoms with Crippen LogP contribution in [-0.4, -0.2) is 51.1 Å². The summed E-state index contributed by atoms with van der Waals surface area (Å²) in [7, 11) is 0. The third-order valence-corrected chi connectivity index (χ3v) is 4.76. The van der Waals surface area contributed by atoms with Gasteiger partial charge in [0.25, 0.3) is 0 Å². The van der Waals surface area contributed by atoms with Gasteiger partial charge in [0.2, 0.25) is 0 Å². The van der Waals surface area contributed by atoms with Gasteiger partial charge in [-0.25, -0.2) is 4.39 Å². The highest BCUT2D eigenvalue weighted by Crippen LogP contribution is 2.29. The molecule has 1 unspecified atom stereocenters. The predicted molar refractivity (Wildman–Crippen MR) is 89.1 cm³/mol. The van der Waals surface area contributed by atoms with Crippen LogP contribution in [0.3, 0.4) is 0 Å². The van der Waals surface area contributed by atoms with E-state index in [1.807, 2.05) is 10.7 Å². The first-order valence-electron chi connectivity index (χ1n) is 8.46.